The Balaban J connectivity index is 1.68. The SMILES string of the molecule is COc1ccc(-c2csc(NC(=O)c3ccc(OCC(N)=O)cc3)n2)c(Cl)c1. The van der Waals surface area contributed by atoms with Gasteiger partial charge >= 0.3 is 0 Å². The Morgan fingerprint density at radius 1 is 1.18 bits per heavy atom. The van der Waals surface area contributed by atoms with E-state index >= 15 is 0 Å². The number of rotatable bonds is 7. The Labute approximate surface area is 170 Å². The van der Waals surface area contributed by atoms with Crippen LogP contribution in [0.15, 0.2) is 47.8 Å². The number of thiazole rings is 1. The number of primary amides is 1. The number of hydrogen-bond donors (Lipinski definition) is 2. The summed E-state index contributed by atoms with van der Waals surface area (Å²) in [6.45, 7) is -0.221. The van der Waals surface area contributed by atoms with Gasteiger partial charge in [-0.15, -0.1) is 11.3 Å². The predicted octanol–water partition coefficient (Wildman–Crippen LogP) is 3.59. The summed E-state index contributed by atoms with van der Waals surface area (Å²) in [6.07, 6.45) is 0. The molecule has 0 saturated carbocycles. The highest BCUT2D eigenvalue weighted by Gasteiger charge is 2.12. The standard InChI is InChI=1S/C19H16ClN3O4S/c1-26-13-6-7-14(15(20)8-13)16-10-28-19(22-16)23-18(25)11-2-4-12(5-3-11)27-9-17(21)24/h2-8,10H,9H2,1H3,(H2,21,24)(H,22,23,25). The Morgan fingerprint density at radius 3 is 2.54 bits per heavy atom. The zero-order valence-electron chi connectivity index (χ0n) is 14.8. The molecule has 3 rings (SSSR count). The first kappa shape index (κ1) is 19.7. The number of carbonyl (C=O) groups is 2. The van der Waals surface area contributed by atoms with Crippen molar-refractivity contribution in [1.29, 1.82) is 0 Å². The first-order chi connectivity index (χ1) is 13.5. The minimum Gasteiger partial charge on any atom is -0.497 e. The summed E-state index contributed by atoms with van der Waals surface area (Å²) in [5.41, 5.74) is 6.85. The van der Waals surface area contributed by atoms with Gasteiger partial charge in [0.05, 0.1) is 17.8 Å². The normalized spacial score (nSPS) is 10.4. The first-order valence-corrected chi connectivity index (χ1v) is 9.34. The number of ether oxygens (including phenoxy) is 2. The van der Waals surface area contributed by atoms with Crippen molar-refractivity contribution in [3.05, 3.63) is 58.4 Å². The minimum atomic E-state index is -0.571. The number of aromatic nitrogens is 1. The van der Waals surface area contributed by atoms with Gasteiger partial charge in [0.15, 0.2) is 11.7 Å². The molecule has 7 nitrogen and oxygen atoms in total. The van der Waals surface area contributed by atoms with Crippen molar-refractivity contribution in [2.45, 2.75) is 0 Å². The highest BCUT2D eigenvalue weighted by molar-refractivity contribution is 7.14. The summed E-state index contributed by atoms with van der Waals surface area (Å²) in [5.74, 6) is 0.211. The van der Waals surface area contributed by atoms with E-state index in [1.54, 1.807) is 43.5 Å². The number of anilines is 1. The lowest BCUT2D eigenvalue weighted by Gasteiger charge is -2.06. The molecular weight excluding hydrogens is 402 g/mol. The number of nitrogens with one attached hydrogen (secondary N) is 1. The number of methoxy groups -OCH3 is 1. The van der Waals surface area contributed by atoms with Crippen LogP contribution in [0.5, 0.6) is 11.5 Å². The van der Waals surface area contributed by atoms with Crippen LogP contribution in [0.4, 0.5) is 5.13 Å². The molecule has 144 valence electrons. The van der Waals surface area contributed by atoms with E-state index in [1.165, 1.54) is 11.3 Å². The smallest absolute Gasteiger partial charge is 0.257 e. The molecule has 0 saturated heterocycles. The molecule has 2 amide bonds. The van der Waals surface area contributed by atoms with Crippen LogP contribution in [-0.2, 0) is 4.79 Å². The molecule has 1 aromatic heterocycles. The van der Waals surface area contributed by atoms with Crippen LogP contribution in [0.25, 0.3) is 11.3 Å². The molecule has 0 fully saturated rings. The Morgan fingerprint density at radius 2 is 1.89 bits per heavy atom. The molecule has 0 aliphatic heterocycles. The number of amides is 2. The van der Waals surface area contributed by atoms with E-state index in [0.29, 0.717) is 32.9 Å². The van der Waals surface area contributed by atoms with Crippen LogP contribution in [0.3, 0.4) is 0 Å². The Kier molecular flexibility index (Phi) is 6.13. The number of benzene rings is 2. The molecule has 0 unspecified atom stereocenters. The van der Waals surface area contributed by atoms with Gasteiger partial charge in [0.2, 0.25) is 0 Å². The molecule has 3 aromatic rings. The average Bonchev–Trinajstić information content (AvgIpc) is 3.14. The van der Waals surface area contributed by atoms with Gasteiger partial charge in [-0.25, -0.2) is 4.98 Å². The van der Waals surface area contributed by atoms with Crippen LogP contribution < -0.4 is 20.5 Å². The lowest BCUT2D eigenvalue weighted by Crippen LogP contribution is -2.20. The second-order valence-electron chi connectivity index (χ2n) is 5.62. The summed E-state index contributed by atoms with van der Waals surface area (Å²) in [7, 11) is 1.57. The van der Waals surface area contributed by atoms with Crippen LogP contribution in [0.1, 0.15) is 10.4 Å². The molecule has 2 aromatic carbocycles. The number of nitrogens with two attached hydrogens (primary N) is 1. The van der Waals surface area contributed by atoms with Crippen molar-refractivity contribution >= 4 is 39.9 Å². The minimum absolute atomic E-state index is 0.221. The van der Waals surface area contributed by atoms with E-state index < -0.39 is 5.91 Å². The summed E-state index contributed by atoms with van der Waals surface area (Å²) >= 11 is 7.56. The van der Waals surface area contributed by atoms with E-state index in [0.717, 1.165) is 5.56 Å². The summed E-state index contributed by atoms with van der Waals surface area (Å²) < 4.78 is 10.3. The van der Waals surface area contributed by atoms with Crippen LogP contribution >= 0.6 is 22.9 Å². The van der Waals surface area contributed by atoms with Crippen LogP contribution in [0, 0.1) is 0 Å². The molecule has 0 radical (unpaired) electrons. The van der Waals surface area contributed by atoms with Gasteiger partial charge in [-0.1, -0.05) is 11.6 Å². The van der Waals surface area contributed by atoms with Gasteiger partial charge in [0.1, 0.15) is 11.5 Å². The predicted molar refractivity (Wildman–Crippen MR) is 108 cm³/mol. The maximum absolute atomic E-state index is 12.4. The number of nitrogens with zero attached hydrogens (tertiary/aromatic N) is 1. The molecule has 3 N–H and O–H groups in total. The molecular formula is C19H16ClN3O4S. The number of halogens is 1. The second kappa shape index (κ2) is 8.73. The Hall–Kier alpha value is -3.10. The Bertz CT molecular complexity index is 1000. The first-order valence-electron chi connectivity index (χ1n) is 8.08. The fourth-order valence-corrected chi connectivity index (χ4v) is 3.28. The molecule has 0 atom stereocenters. The molecule has 0 bridgehead atoms. The fourth-order valence-electron chi connectivity index (χ4n) is 2.31. The van der Waals surface area contributed by atoms with Gasteiger partial charge in [-0.3, -0.25) is 14.9 Å². The van der Waals surface area contributed by atoms with E-state index in [-0.39, 0.29) is 12.5 Å². The van der Waals surface area contributed by atoms with Gasteiger partial charge in [-0.05, 0) is 42.5 Å². The largest absolute Gasteiger partial charge is 0.497 e. The van der Waals surface area contributed by atoms with Crippen molar-refractivity contribution < 1.29 is 19.1 Å². The molecule has 0 aliphatic rings. The van der Waals surface area contributed by atoms with Gasteiger partial charge in [0, 0.05) is 16.5 Å². The highest BCUT2D eigenvalue weighted by Crippen LogP contribution is 2.33. The number of hydrogen-bond acceptors (Lipinski definition) is 6. The average molecular weight is 418 g/mol. The van der Waals surface area contributed by atoms with Crippen molar-refractivity contribution in [1.82, 2.24) is 4.98 Å². The van der Waals surface area contributed by atoms with Crippen molar-refractivity contribution in [2.24, 2.45) is 5.73 Å². The maximum atomic E-state index is 12.4. The topological polar surface area (TPSA) is 104 Å². The molecule has 28 heavy (non-hydrogen) atoms. The van der Waals surface area contributed by atoms with E-state index in [9.17, 15) is 9.59 Å². The van der Waals surface area contributed by atoms with E-state index in [2.05, 4.69) is 10.3 Å². The summed E-state index contributed by atoms with van der Waals surface area (Å²) in [6, 6.07) is 11.6. The van der Waals surface area contributed by atoms with Crippen molar-refractivity contribution in [2.75, 3.05) is 19.0 Å². The second-order valence-corrected chi connectivity index (χ2v) is 6.88. The lowest BCUT2D eigenvalue weighted by atomic mass is 10.1. The van der Waals surface area contributed by atoms with Crippen LogP contribution in [0.2, 0.25) is 5.02 Å². The summed E-state index contributed by atoms with van der Waals surface area (Å²) in [4.78, 5) is 27.5. The zero-order chi connectivity index (χ0) is 20.1. The van der Waals surface area contributed by atoms with E-state index in [1.807, 2.05) is 11.4 Å². The zero-order valence-corrected chi connectivity index (χ0v) is 16.3. The summed E-state index contributed by atoms with van der Waals surface area (Å²) in [5, 5.41) is 5.51. The van der Waals surface area contributed by atoms with Gasteiger partial charge in [-0.2, -0.15) is 0 Å². The molecule has 0 spiro atoms. The third-order valence-electron chi connectivity index (χ3n) is 3.67. The molecule has 9 heteroatoms. The van der Waals surface area contributed by atoms with Crippen molar-refractivity contribution in [3.8, 4) is 22.8 Å². The monoisotopic (exact) mass is 417 g/mol. The fraction of sp³-hybridized carbons (Fsp3) is 0.105. The maximum Gasteiger partial charge on any atom is 0.257 e. The third kappa shape index (κ3) is 4.79. The molecule has 0 aliphatic carbocycles. The highest BCUT2D eigenvalue weighted by atomic mass is 35.5. The molecule has 1 heterocycles. The van der Waals surface area contributed by atoms with E-state index in [4.69, 9.17) is 26.8 Å². The lowest BCUT2D eigenvalue weighted by molar-refractivity contribution is -0.119. The van der Waals surface area contributed by atoms with Crippen molar-refractivity contribution in [3.63, 3.8) is 0 Å². The van der Waals surface area contributed by atoms with Crippen LogP contribution in [-0.4, -0.2) is 30.5 Å². The van der Waals surface area contributed by atoms with Gasteiger partial charge < -0.3 is 15.2 Å². The third-order valence-corrected chi connectivity index (χ3v) is 4.74. The number of carbonyl (C=O) groups excluding carboxylic acids is 2. The quantitative estimate of drug-likeness (QED) is 0.611. The van der Waals surface area contributed by atoms with Gasteiger partial charge in [0.25, 0.3) is 11.8 Å².